The molecule has 1 aliphatic rings. The topological polar surface area (TPSA) is 58.6 Å². The lowest BCUT2D eigenvalue weighted by atomic mass is 9.95. The van der Waals surface area contributed by atoms with Crippen molar-refractivity contribution in [1.82, 2.24) is 10.2 Å². The van der Waals surface area contributed by atoms with Gasteiger partial charge in [0, 0.05) is 26.1 Å². The molecule has 0 bridgehead atoms. The van der Waals surface area contributed by atoms with E-state index in [1.54, 1.807) is 6.92 Å². The first kappa shape index (κ1) is 22.9. The van der Waals surface area contributed by atoms with Crippen molar-refractivity contribution >= 4 is 11.9 Å². The molecule has 0 aromatic carbocycles. The van der Waals surface area contributed by atoms with Crippen LogP contribution in [-0.4, -0.2) is 47.6 Å². The Kier molecular flexibility index (Phi) is 9.08. The van der Waals surface area contributed by atoms with Crippen LogP contribution in [0.4, 0.5) is 0 Å². The number of nitrogens with zero attached hydrogens (tertiary/aromatic N) is 1. The van der Waals surface area contributed by atoms with Crippen LogP contribution in [0.1, 0.15) is 80.6 Å². The van der Waals surface area contributed by atoms with E-state index in [0.29, 0.717) is 11.8 Å². The molecule has 0 aliphatic carbocycles. The Morgan fingerprint density at radius 3 is 2.38 bits per heavy atom. The molecule has 0 saturated carbocycles. The first-order valence-electron chi connectivity index (χ1n) is 10.3. The third-order valence-electron chi connectivity index (χ3n) is 5.13. The summed E-state index contributed by atoms with van der Waals surface area (Å²) in [6, 6.07) is -0.0494. The summed E-state index contributed by atoms with van der Waals surface area (Å²) in [5.74, 6) is 0.802. The molecule has 1 saturated heterocycles. The molecule has 1 amide bonds. The number of carbonyl (C=O) groups is 2. The third kappa shape index (κ3) is 7.65. The van der Waals surface area contributed by atoms with Crippen LogP contribution < -0.4 is 5.32 Å². The van der Waals surface area contributed by atoms with E-state index in [0.717, 1.165) is 45.2 Å². The van der Waals surface area contributed by atoms with Crippen molar-refractivity contribution in [2.75, 3.05) is 13.1 Å². The molecule has 26 heavy (non-hydrogen) atoms. The summed E-state index contributed by atoms with van der Waals surface area (Å²) in [5.41, 5.74) is -0.460. The molecule has 0 spiro atoms. The molecule has 1 N–H and O–H groups in total. The maximum atomic E-state index is 12.8. The van der Waals surface area contributed by atoms with Crippen molar-refractivity contribution in [3.05, 3.63) is 0 Å². The zero-order chi connectivity index (χ0) is 19.9. The molecule has 0 aromatic heterocycles. The third-order valence-corrected chi connectivity index (χ3v) is 5.13. The quantitative estimate of drug-likeness (QED) is 0.630. The molecule has 152 valence electrons. The van der Waals surface area contributed by atoms with Crippen LogP contribution in [0.5, 0.6) is 0 Å². The van der Waals surface area contributed by atoms with Gasteiger partial charge >= 0.3 is 5.97 Å². The fraction of sp³-hybridized carbons (Fsp3) is 0.905. The number of carbonyl (C=O) groups excluding carboxylic acids is 2. The van der Waals surface area contributed by atoms with Crippen molar-refractivity contribution in [1.29, 1.82) is 0 Å². The van der Waals surface area contributed by atoms with Crippen LogP contribution in [0.25, 0.3) is 0 Å². The van der Waals surface area contributed by atoms with Crippen molar-refractivity contribution in [3.63, 3.8) is 0 Å². The van der Waals surface area contributed by atoms with Crippen LogP contribution in [-0.2, 0) is 14.3 Å². The maximum absolute atomic E-state index is 12.8. The van der Waals surface area contributed by atoms with Crippen molar-refractivity contribution < 1.29 is 14.3 Å². The lowest BCUT2D eigenvalue weighted by Gasteiger charge is -2.32. The predicted molar refractivity (Wildman–Crippen MR) is 106 cm³/mol. The van der Waals surface area contributed by atoms with Crippen LogP contribution in [0.2, 0.25) is 0 Å². The second kappa shape index (κ2) is 10.3. The molecule has 1 heterocycles. The van der Waals surface area contributed by atoms with Crippen LogP contribution in [0, 0.1) is 11.8 Å². The van der Waals surface area contributed by atoms with E-state index in [-0.39, 0.29) is 24.0 Å². The number of rotatable bonds is 9. The van der Waals surface area contributed by atoms with E-state index < -0.39 is 5.60 Å². The normalized spacial score (nSPS) is 23.5. The lowest BCUT2D eigenvalue weighted by molar-refractivity contribution is -0.160. The smallest absolute Gasteiger partial charge is 0.323 e. The number of amides is 1. The average Bonchev–Trinajstić information content (AvgIpc) is 2.87. The van der Waals surface area contributed by atoms with Gasteiger partial charge < -0.3 is 10.1 Å². The summed E-state index contributed by atoms with van der Waals surface area (Å²) < 4.78 is 5.69. The lowest BCUT2D eigenvalue weighted by Crippen LogP contribution is -2.46. The molecule has 0 aromatic rings. The zero-order valence-corrected chi connectivity index (χ0v) is 17.9. The first-order chi connectivity index (χ1) is 12.1. The molecule has 5 heteroatoms. The van der Waals surface area contributed by atoms with Gasteiger partial charge in [-0.3, -0.25) is 14.5 Å². The Morgan fingerprint density at radius 2 is 1.88 bits per heavy atom. The fourth-order valence-corrected chi connectivity index (χ4v) is 4.04. The predicted octanol–water partition coefficient (Wildman–Crippen LogP) is 3.76. The van der Waals surface area contributed by atoms with Gasteiger partial charge in [0.05, 0.1) is 0 Å². The highest BCUT2D eigenvalue weighted by Gasteiger charge is 2.40. The monoisotopic (exact) mass is 368 g/mol. The van der Waals surface area contributed by atoms with E-state index in [4.69, 9.17) is 4.74 Å². The van der Waals surface area contributed by atoms with Gasteiger partial charge in [-0.15, -0.1) is 0 Å². The summed E-state index contributed by atoms with van der Waals surface area (Å²) in [6.07, 6.45) is 5.28. The average molecular weight is 369 g/mol. The van der Waals surface area contributed by atoms with E-state index in [1.165, 1.54) is 0 Å². The van der Waals surface area contributed by atoms with Gasteiger partial charge in [0.1, 0.15) is 11.6 Å². The second-order valence-electron chi connectivity index (χ2n) is 8.93. The summed E-state index contributed by atoms with van der Waals surface area (Å²) >= 11 is 0. The molecule has 4 atom stereocenters. The van der Waals surface area contributed by atoms with Crippen LogP contribution in [0.15, 0.2) is 0 Å². The molecular weight excluding hydrogens is 328 g/mol. The summed E-state index contributed by atoms with van der Waals surface area (Å²) in [4.78, 5) is 26.6. The minimum absolute atomic E-state index is 0.00702. The van der Waals surface area contributed by atoms with Gasteiger partial charge in [-0.25, -0.2) is 0 Å². The van der Waals surface area contributed by atoms with Gasteiger partial charge in [0.15, 0.2) is 0 Å². The number of likely N-dealkylation sites (tertiary alicyclic amines) is 1. The molecule has 1 fully saturated rings. The first-order valence-corrected chi connectivity index (χ1v) is 10.3. The van der Waals surface area contributed by atoms with Crippen molar-refractivity contribution in [3.8, 4) is 0 Å². The Balaban J connectivity index is 2.87. The van der Waals surface area contributed by atoms with Gasteiger partial charge in [-0.05, 0) is 58.8 Å². The Hall–Kier alpha value is -1.10. The highest BCUT2D eigenvalue weighted by atomic mass is 16.6. The summed E-state index contributed by atoms with van der Waals surface area (Å²) in [5, 5.41) is 3.04. The minimum atomic E-state index is -0.460. The minimum Gasteiger partial charge on any atom is -0.459 e. The molecule has 1 aliphatic heterocycles. The summed E-state index contributed by atoms with van der Waals surface area (Å²) in [6.45, 7) is 15.6. The van der Waals surface area contributed by atoms with Gasteiger partial charge in [-0.1, -0.05) is 26.7 Å². The van der Waals surface area contributed by atoms with E-state index in [2.05, 4.69) is 31.0 Å². The van der Waals surface area contributed by atoms with E-state index in [1.807, 2.05) is 20.8 Å². The zero-order valence-electron chi connectivity index (χ0n) is 17.9. The SMILES string of the molecule is CCCC1CC(C(=O)OC(C)(C)C)N(C[C@H](CCC)C(C)NC(C)=O)C1. The Morgan fingerprint density at radius 1 is 1.23 bits per heavy atom. The Bertz CT molecular complexity index is 459. The molecule has 0 radical (unpaired) electrons. The highest BCUT2D eigenvalue weighted by molar-refractivity contribution is 5.76. The molecule has 3 unspecified atom stereocenters. The fourth-order valence-electron chi connectivity index (χ4n) is 4.04. The van der Waals surface area contributed by atoms with E-state index >= 15 is 0 Å². The van der Waals surface area contributed by atoms with Crippen LogP contribution >= 0.6 is 0 Å². The van der Waals surface area contributed by atoms with Crippen molar-refractivity contribution in [2.45, 2.75) is 98.3 Å². The van der Waals surface area contributed by atoms with Crippen LogP contribution in [0.3, 0.4) is 0 Å². The molecule has 1 rings (SSSR count). The second-order valence-corrected chi connectivity index (χ2v) is 8.93. The number of esters is 1. The maximum Gasteiger partial charge on any atom is 0.323 e. The number of nitrogens with one attached hydrogen (secondary N) is 1. The number of hydrogen-bond acceptors (Lipinski definition) is 4. The number of ether oxygens (including phenoxy) is 1. The molecular formula is C21H40N2O3. The number of hydrogen-bond donors (Lipinski definition) is 1. The summed E-state index contributed by atoms with van der Waals surface area (Å²) in [7, 11) is 0. The highest BCUT2D eigenvalue weighted by Crippen LogP contribution is 2.30. The largest absolute Gasteiger partial charge is 0.459 e. The van der Waals surface area contributed by atoms with E-state index in [9.17, 15) is 9.59 Å². The molecule has 5 nitrogen and oxygen atoms in total. The standard InChI is InChI=1S/C21H40N2O3/c1-8-10-17-12-19(20(25)26-21(5,6)7)23(13-17)14-18(11-9-2)15(3)22-16(4)24/h15,17-19H,8-14H2,1-7H3,(H,22,24)/t15?,17?,18-,19?/m0/s1. The van der Waals surface area contributed by atoms with Gasteiger partial charge in [0.25, 0.3) is 0 Å². The Labute approximate surface area is 160 Å². The van der Waals surface area contributed by atoms with Crippen molar-refractivity contribution in [2.24, 2.45) is 11.8 Å². The van der Waals surface area contributed by atoms with Gasteiger partial charge in [-0.2, -0.15) is 0 Å². The van der Waals surface area contributed by atoms with Gasteiger partial charge in [0.2, 0.25) is 5.91 Å².